The van der Waals surface area contributed by atoms with E-state index in [9.17, 15) is 13.2 Å². The molecule has 0 atom stereocenters. The summed E-state index contributed by atoms with van der Waals surface area (Å²) in [5.41, 5.74) is 0.712. The molecule has 12 heteroatoms. The first-order chi connectivity index (χ1) is 17.0. The van der Waals surface area contributed by atoms with Crippen LogP contribution < -0.4 is 25.4 Å². The topological polar surface area (TPSA) is 155 Å². The number of aromatic nitrogens is 2. The van der Waals surface area contributed by atoms with Crippen molar-refractivity contribution in [2.24, 2.45) is 0 Å². The van der Waals surface area contributed by atoms with Gasteiger partial charge in [-0.1, -0.05) is 6.07 Å². The third kappa shape index (κ3) is 8.71. The van der Waals surface area contributed by atoms with Crippen LogP contribution in [0.15, 0.2) is 65.7 Å². The van der Waals surface area contributed by atoms with Gasteiger partial charge >= 0.3 is 6.09 Å². The molecule has 1 aromatic heterocycles. The largest absolute Gasteiger partial charge is 0.494 e. The zero-order chi connectivity index (χ0) is 26.2. The number of ether oxygens (including phenoxy) is 1. The first-order valence-electron chi connectivity index (χ1n) is 11.2. The van der Waals surface area contributed by atoms with Crippen LogP contribution in [-0.4, -0.2) is 48.3 Å². The second-order valence-electron chi connectivity index (χ2n) is 8.86. The number of carboxylic acid groups (broad SMARTS) is 1. The van der Waals surface area contributed by atoms with Crippen LogP contribution in [0.5, 0.6) is 5.75 Å². The molecule has 5 N–H and O–H groups in total. The molecule has 0 bridgehead atoms. The summed E-state index contributed by atoms with van der Waals surface area (Å²) in [6.07, 6.45) is 1.09. The number of sulfonamides is 1. The molecule has 0 saturated heterocycles. The fraction of sp³-hybridized carbons (Fsp3) is 0.292. The molecule has 192 valence electrons. The van der Waals surface area contributed by atoms with E-state index in [4.69, 9.17) is 9.84 Å². The van der Waals surface area contributed by atoms with E-state index in [1.807, 2.05) is 12.1 Å². The number of hydrogen-bond acceptors (Lipinski definition) is 8. The highest BCUT2D eigenvalue weighted by Crippen LogP contribution is 2.22. The second kappa shape index (κ2) is 11.7. The van der Waals surface area contributed by atoms with Crippen LogP contribution >= 0.6 is 0 Å². The van der Waals surface area contributed by atoms with Crippen LogP contribution in [0, 0.1) is 0 Å². The van der Waals surface area contributed by atoms with Gasteiger partial charge in [0.1, 0.15) is 11.6 Å². The van der Waals surface area contributed by atoms with Crippen molar-refractivity contribution in [2.75, 3.05) is 23.8 Å². The minimum Gasteiger partial charge on any atom is -0.494 e. The van der Waals surface area contributed by atoms with Crippen LogP contribution in [0.4, 0.5) is 27.9 Å². The van der Waals surface area contributed by atoms with Gasteiger partial charge < -0.3 is 25.8 Å². The van der Waals surface area contributed by atoms with Gasteiger partial charge in [-0.2, -0.15) is 4.98 Å². The highest BCUT2D eigenvalue weighted by atomic mass is 32.2. The van der Waals surface area contributed by atoms with Crippen LogP contribution in [-0.2, 0) is 10.0 Å². The summed E-state index contributed by atoms with van der Waals surface area (Å²) in [7, 11) is -3.67. The van der Waals surface area contributed by atoms with Gasteiger partial charge in [0.05, 0.1) is 11.5 Å². The highest BCUT2D eigenvalue weighted by Gasteiger charge is 2.22. The van der Waals surface area contributed by atoms with Crippen molar-refractivity contribution in [1.29, 1.82) is 0 Å². The van der Waals surface area contributed by atoms with Gasteiger partial charge in [0.25, 0.3) is 0 Å². The van der Waals surface area contributed by atoms with E-state index < -0.39 is 21.7 Å². The van der Waals surface area contributed by atoms with E-state index in [1.165, 1.54) is 6.07 Å². The summed E-state index contributed by atoms with van der Waals surface area (Å²) >= 11 is 0. The molecule has 1 amide bonds. The predicted octanol–water partition coefficient (Wildman–Crippen LogP) is 4.08. The fourth-order valence-corrected chi connectivity index (χ4v) is 4.52. The Morgan fingerprint density at radius 1 is 1.03 bits per heavy atom. The molecule has 0 aliphatic carbocycles. The normalized spacial score (nSPS) is 11.5. The van der Waals surface area contributed by atoms with Gasteiger partial charge in [0.2, 0.25) is 16.0 Å². The van der Waals surface area contributed by atoms with E-state index in [1.54, 1.807) is 63.4 Å². The molecule has 3 rings (SSSR count). The van der Waals surface area contributed by atoms with Gasteiger partial charge in [0.15, 0.2) is 0 Å². The monoisotopic (exact) mass is 514 g/mol. The summed E-state index contributed by atoms with van der Waals surface area (Å²) in [4.78, 5) is 19.2. The SMILES string of the molecule is CC(C)(C)NS(=O)(=O)c1cccc(Nc2ccnc(Nc3ccc(OCCCNC(=O)O)cc3)n2)c1. The second-order valence-corrected chi connectivity index (χ2v) is 10.5. The maximum atomic E-state index is 12.6. The Labute approximate surface area is 210 Å². The number of carbonyl (C=O) groups is 1. The molecule has 0 spiro atoms. The van der Waals surface area contributed by atoms with Gasteiger partial charge in [-0.05, 0) is 75.7 Å². The Hall–Kier alpha value is -3.90. The lowest BCUT2D eigenvalue weighted by atomic mass is 10.1. The van der Waals surface area contributed by atoms with Crippen molar-refractivity contribution >= 4 is 39.3 Å². The standard InChI is InChI=1S/C24H30N6O5S/c1-24(2,3)30-36(33,34)20-7-4-6-18(16-20)27-21-12-14-25-22(29-21)28-17-8-10-19(11-9-17)35-15-5-13-26-23(31)32/h4,6-12,14,16,26,30H,5,13,15H2,1-3H3,(H,31,32)(H2,25,27,28,29). The Morgan fingerprint density at radius 3 is 2.47 bits per heavy atom. The van der Waals surface area contributed by atoms with E-state index in [0.29, 0.717) is 42.8 Å². The average molecular weight is 515 g/mol. The maximum Gasteiger partial charge on any atom is 0.404 e. The van der Waals surface area contributed by atoms with Gasteiger partial charge in [-0.3, -0.25) is 0 Å². The number of nitrogens with zero attached hydrogens (tertiary/aromatic N) is 2. The summed E-state index contributed by atoms with van der Waals surface area (Å²) < 4.78 is 33.5. The van der Waals surface area contributed by atoms with Gasteiger partial charge in [-0.25, -0.2) is 22.9 Å². The van der Waals surface area contributed by atoms with Crippen LogP contribution in [0.1, 0.15) is 27.2 Å². The highest BCUT2D eigenvalue weighted by molar-refractivity contribution is 7.89. The molecule has 2 aromatic carbocycles. The lowest BCUT2D eigenvalue weighted by molar-refractivity contribution is 0.193. The number of amides is 1. The first-order valence-corrected chi connectivity index (χ1v) is 12.7. The van der Waals surface area contributed by atoms with E-state index in [2.05, 4.69) is 30.6 Å². The third-order valence-electron chi connectivity index (χ3n) is 4.49. The smallest absolute Gasteiger partial charge is 0.404 e. The third-order valence-corrected chi connectivity index (χ3v) is 6.25. The molecule has 0 aliphatic rings. The van der Waals surface area contributed by atoms with Crippen molar-refractivity contribution < 1.29 is 23.1 Å². The minimum atomic E-state index is -3.67. The maximum absolute atomic E-state index is 12.6. The van der Waals surface area contributed by atoms with Gasteiger partial charge in [0, 0.05) is 29.7 Å². The summed E-state index contributed by atoms with van der Waals surface area (Å²) in [6, 6.07) is 15.4. The Bertz CT molecular complexity index is 1280. The number of anilines is 4. The number of nitrogens with one attached hydrogen (secondary N) is 4. The Morgan fingerprint density at radius 2 is 1.78 bits per heavy atom. The van der Waals surface area contributed by atoms with Crippen molar-refractivity contribution in [2.45, 2.75) is 37.6 Å². The van der Waals surface area contributed by atoms with Crippen LogP contribution in [0.2, 0.25) is 0 Å². The van der Waals surface area contributed by atoms with Crippen molar-refractivity contribution in [3.63, 3.8) is 0 Å². The fourth-order valence-electron chi connectivity index (χ4n) is 3.06. The van der Waals surface area contributed by atoms with Crippen molar-refractivity contribution in [1.82, 2.24) is 20.0 Å². The molecular weight excluding hydrogens is 484 g/mol. The summed E-state index contributed by atoms with van der Waals surface area (Å²) in [5, 5.41) is 17.1. The minimum absolute atomic E-state index is 0.148. The van der Waals surface area contributed by atoms with E-state index in [-0.39, 0.29) is 4.90 Å². The van der Waals surface area contributed by atoms with Crippen LogP contribution in [0.3, 0.4) is 0 Å². The number of rotatable bonds is 11. The molecule has 0 fully saturated rings. The predicted molar refractivity (Wildman–Crippen MR) is 138 cm³/mol. The summed E-state index contributed by atoms with van der Waals surface area (Å²) in [6.45, 7) is 6.06. The summed E-state index contributed by atoms with van der Waals surface area (Å²) in [5.74, 6) is 1.50. The Balaban J connectivity index is 1.60. The average Bonchev–Trinajstić information content (AvgIpc) is 2.79. The molecular formula is C24H30N6O5S. The molecule has 0 unspecified atom stereocenters. The number of hydrogen-bond donors (Lipinski definition) is 5. The number of benzene rings is 2. The van der Waals surface area contributed by atoms with Crippen molar-refractivity contribution in [3.05, 3.63) is 60.8 Å². The van der Waals surface area contributed by atoms with Crippen molar-refractivity contribution in [3.8, 4) is 5.75 Å². The molecule has 11 nitrogen and oxygen atoms in total. The molecule has 0 saturated carbocycles. The molecule has 0 aliphatic heterocycles. The lowest BCUT2D eigenvalue weighted by Gasteiger charge is -2.20. The molecule has 3 aromatic rings. The Kier molecular flexibility index (Phi) is 8.67. The molecule has 36 heavy (non-hydrogen) atoms. The zero-order valence-electron chi connectivity index (χ0n) is 20.3. The van der Waals surface area contributed by atoms with E-state index in [0.717, 1.165) is 5.69 Å². The molecule has 1 heterocycles. The first kappa shape index (κ1) is 26.7. The quantitative estimate of drug-likeness (QED) is 0.238. The van der Waals surface area contributed by atoms with Crippen LogP contribution in [0.25, 0.3) is 0 Å². The van der Waals surface area contributed by atoms with E-state index >= 15 is 0 Å². The lowest BCUT2D eigenvalue weighted by Crippen LogP contribution is -2.40. The zero-order valence-corrected chi connectivity index (χ0v) is 21.1. The molecule has 0 radical (unpaired) electrons. The van der Waals surface area contributed by atoms with Gasteiger partial charge in [-0.15, -0.1) is 0 Å².